The predicted octanol–water partition coefficient (Wildman–Crippen LogP) is 2.49. The van der Waals surface area contributed by atoms with Crippen LogP contribution in [0.4, 0.5) is 0 Å². The Morgan fingerprint density at radius 1 is 1.00 bits per heavy atom. The number of para-hydroxylation sites is 1. The van der Waals surface area contributed by atoms with E-state index in [0.717, 1.165) is 11.5 Å². The minimum absolute atomic E-state index is 0.617. The number of hydrogen-bond acceptors (Lipinski definition) is 3. The molecule has 0 fully saturated rings. The SMILES string of the molecule is CCOc1cccc(OCC)c1OC. The molecule has 3 heteroatoms. The lowest BCUT2D eigenvalue weighted by Crippen LogP contribution is -1.99. The maximum Gasteiger partial charge on any atom is 0.203 e. The van der Waals surface area contributed by atoms with Crippen molar-refractivity contribution in [1.82, 2.24) is 0 Å². The quantitative estimate of drug-likeness (QED) is 0.724. The summed E-state index contributed by atoms with van der Waals surface area (Å²) in [5.74, 6) is 2.11. The number of benzene rings is 1. The Morgan fingerprint density at radius 3 is 1.86 bits per heavy atom. The third-order valence-electron chi connectivity index (χ3n) is 1.75. The Bertz CT molecular complexity index is 260. The van der Waals surface area contributed by atoms with Gasteiger partial charge in [-0.25, -0.2) is 0 Å². The number of hydrogen-bond donors (Lipinski definition) is 0. The van der Waals surface area contributed by atoms with E-state index in [1.54, 1.807) is 7.11 Å². The molecule has 1 aromatic carbocycles. The molecular formula is C11H16O3. The van der Waals surface area contributed by atoms with Crippen LogP contribution in [0.25, 0.3) is 0 Å². The summed E-state index contributed by atoms with van der Waals surface area (Å²) in [5, 5.41) is 0. The average Bonchev–Trinajstić information content (AvgIpc) is 2.19. The minimum atomic E-state index is 0.617. The van der Waals surface area contributed by atoms with E-state index < -0.39 is 0 Å². The highest BCUT2D eigenvalue weighted by Crippen LogP contribution is 2.36. The summed E-state index contributed by atoms with van der Waals surface area (Å²) >= 11 is 0. The molecular weight excluding hydrogens is 180 g/mol. The minimum Gasteiger partial charge on any atom is -0.490 e. The highest BCUT2D eigenvalue weighted by atomic mass is 16.5. The summed E-state index contributed by atoms with van der Waals surface area (Å²) in [6.07, 6.45) is 0. The second-order valence-corrected chi connectivity index (χ2v) is 2.65. The second-order valence-electron chi connectivity index (χ2n) is 2.65. The van der Waals surface area contributed by atoms with Crippen LogP contribution in [0.3, 0.4) is 0 Å². The van der Waals surface area contributed by atoms with Gasteiger partial charge in [0.05, 0.1) is 20.3 Å². The van der Waals surface area contributed by atoms with Gasteiger partial charge < -0.3 is 14.2 Å². The van der Waals surface area contributed by atoms with Gasteiger partial charge in [0.15, 0.2) is 11.5 Å². The van der Waals surface area contributed by atoms with Gasteiger partial charge in [-0.1, -0.05) is 6.07 Å². The second kappa shape index (κ2) is 5.37. The fourth-order valence-electron chi connectivity index (χ4n) is 1.24. The van der Waals surface area contributed by atoms with Crippen LogP contribution in [0.5, 0.6) is 17.2 Å². The van der Waals surface area contributed by atoms with E-state index in [1.165, 1.54) is 0 Å². The van der Waals surface area contributed by atoms with Gasteiger partial charge in [-0.15, -0.1) is 0 Å². The monoisotopic (exact) mass is 196 g/mol. The molecule has 0 heterocycles. The summed E-state index contributed by atoms with van der Waals surface area (Å²) in [5.41, 5.74) is 0. The summed E-state index contributed by atoms with van der Waals surface area (Å²) in [6.45, 7) is 5.11. The van der Waals surface area contributed by atoms with Gasteiger partial charge in [0.2, 0.25) is 5.75 Å². The molecule has 0 atom stereocenters. The molecule has 0 unspecified atom stereocenters. The molecule has 78 valence electrons. The molecule has 0 aliphatic rings. The van der Waals surface area contributed by atoms with Crippen molar-refractivity contribution in [3.8, 4) is 17.2 Å². The Morgan fingerprint density at radius 2 is 1.50 bits per heavy atom. The van der Waals surface area contributed by atoms with E-state index in [4.69, 9.17) is 14.2 Å². The van der Waals surface area contributed by atoms with Crippen molar-refractivity contribution in [2.24, 2.45) is 0 Å². The van der Waals surface area contributed by atoms with Gasteiger partial charge in [-0.05, 0) is 26.0 Å². The van der Waals surface area contributed by atoms with Crippen molar-refractivity contribution in [3.63, 3.8) is 0 Å². The van der Waals surface area contributed by atoms with Crippen LogP contribution in [0.15, 0.2) is 18.2 Å². The normalized spacial score (nSPS) is 9.64. The van der Waals surface area contributed by atoms with E-state index in [1.807, 2.05) is 32.0 Å². The van der Waals surface area contributed by atoms with Crippen LogP contribution in [-0.2, 0) is 0 Å². The largest absolute Gasteiger partial charge is 0.490 e. The molecule has 3 nitrogen and oxygen atoms in total. The van der Waals surface area contributed by atoms with Crippen LogP contribution in [0.2, 0.25) is 0 Å². The van der Waals surface area contributed by atoms with E-state index in [2.05, 4.69) is 0 Å². The zero-order valence-corrected chi connectivity index (χ0v) is 8.87. The maximum absolute atomic E-state index is 5.41. The van der Waals surface area contributed by atoms with Gasteiger partial charge in [0.25, 0.3) is 0 Å². The first-order chi connectivity index (χ1) is 6.83. The van der Waals surface area contributed by atoms with Crippen LogP contribution < -0.4 is 14.2 Å². The number of rotatable bonds is 5. The number of methoxy groups -OCH3 is 1. The third-order valence-corrected chi connectivity index (χ3v) is 1.75. The predicted molar refractivity (Wildman–Crippen MR) is 55.3 cm³/mol. The zero-order chi connectivity index (χ0) is 10.4. The first kappa shape index (κ1) is 10.7. The lowest BCUT2D eigenvalue weighted by Gasteiger charge is -2.13. The zero-order valence-electron chi connectivity index (χ0n) is 8.87. The van der Waals surface area contributed by atoms with E-state index >= 15 is 0 Å². The van der Waals surface area contributed by atoms with Crippen LogP contribution in [-0.4, -0.2) is 20.3 Å². The van der Waals surface area contributed by atoms with Gasteiger partial charge in [-0.2, -0.15) is 0 Å². The fraction of sp³-hybridized carbons (Fsp3) is 0.455. The van der Waals surface area contributed by atoms with Crippen LogP contribution >= 0.6 is 0 Å². The van der Waals surface area contributed by atoms with Crippen molar-refractivity contribution in [3.05, 3.63) is 18.2 Å². The summed E-state index contributed by atoms with van der Waals surface area (Å²) in [6, 6.07) is 5.62. The molecule has 0 amide bonds. The van der Waals surface area contributed by atoms with E-state index in [-0.39, 0.29) is 0 Å². The van der Waals surface area contributed by atoms with Crippen molar-refractivity contribution < 1.29 is 14.2 Å². The lowest BCUT2D eigenvalue weighted by atomic mass is 10.3. The van der Waals surface area contributed by atoms with Crippen molar-refractivity contribution in [2.45, 2.75) is 13.8 Å². The molecule has 0 aromatic heterocycles. The van der Waals surface area contributed by atoms with Gasteiger partial charge in [-0.3, -0.25) is 0 Å². The van der Waals surface area contributed by atoms with Gasteiger partial charge >= 0.3 is 0 Å². The highest BCUT2D eigenvalue weighted by Gasteiger charge is 2.09. The molecule has 0 saturated heterocycles. The lowest BCUT2D eigenvalue weighted by molar-refractivity contribution is 0.282. The molecule has 0 aliphatic heterocycles. The molecule has 0 saturated carbocycles. The molecule has 14 heavy (non-hydrogen) atoms. The Balaban J connectivity index is 2.98. The molecule has 0 spiro atoms. The molecule has 1 aromatic rings. The van der Waals surface area contributed by atoms with E-state index in [0.29, 0.717) is 19.0 Å². The maximum atomic E-state index is 5.41. The first-order valence-electron chi connectivity index (χ1n) is 4.76. The highest BCUT2D eigenvalue weighted by molar-refractivity contribution is 5.51. The molecule has 0 aliphatic carbocycles. The standard InChI is InChI=1S/C11H16O3/c1-4-13-9-7-6-8-10(14-5-2)11(9)12-3/h6-8H,4-5H2,1-3H3. The summed E-state index contributed by atoms with van der Waals surface area (Å²) in [7, 11) is 1.61. The molecule has 0 N–H and O–H groups in total. The van der Waals surface area contributed by atoms with Gasteiger partial charge in [0, 0.05) is 0 Å². The molecule has 0 bridgehead atoms. The van der Waals surface area contributed by atoms with Crippen molar-refractivity contribution in [2.75, 3.05) is 20.3 Å². The Kier molecular flexibility index (Phi) is 4.11. The summed E-state index contributed by atoms with van der Waals surface area (Å²) in [4.78, 5) is 0. The molecule has 1 rings (SSSR count). The smallest absolute Gasteiger partial charge is 0.203 e. The Hall–Kier alpha value is -1.38. The topological polar surface area (TPSA) is 27.7 Å². The fourth-order valence-corrected chi connectivity index (χ4v) is 1.24. The average molecular weight is 196 g/mol. The number of ether oxygens (including phenoxy) is 3. The van der Waals surface area contributed by atoms with Crippen molar-refractivity contribution in [1.29, 1.82) is 0 Å². The summed E-state index contributed by atoms with van der Waals surface area (Å²) < 4.78 is 16.1. The van der Waals surface area contributed by atoms with Gasteiger partial charge in [0.1, 0.15) is 0 Å². The van der Waals surface area contributed by atoms with Crippen LogP contribution in [0.1, 0.15) is 13.8 Å². The Labute approximate surface area is 84.6 Å². The van der Waals surface area contributed by atoms with Crippen molar-refractivity contribution >= 4 is 0 Å². The first-order valence-corrected chi connectivity index (χ1v) is 4.76. The van der Waals surface area contributed by atoms with Crippen LogP contribution in [0, 0.1) is 0 Å². The third kappa shape index (κ3) is 2.31. The molecule has 0 radical (unpaired) electrons. The van der Waals surface area contributed by atoms with E-state index in [9.17, 15) is 0 Å².